The molecule has 0 unspecified atom stereocenters. The fourth-order valence-corrected chi connectivity index (χ4v) is 2.22. The van der Waals surface area contributed by atoms with E-state index in [1.165, 1.54) is 0 Å². The molecule has 0 atom stereocenters. The Morgan fingerprint density at radius 3 is 2.79 bits per heavy atom. The van der Waals surface area contributed by atoms with Crippen molar-refractivity contribution in [2.75, 3.05) is 6.61 Å². The van der Waals surface area contributed by atoms with Crippen LogP contribution in [0.25, 0.3) is 11.4 Å². The summed E-state index contributed by atoms with van der Waals surface area (Å²) in [7, 11) is 1.97. The fraction of sp³-hybridized carbons (Fsp3) is 0.429. The van der Waals surface area contributed by atoms with Gasteiger partial charge in [0.15, 0.2) is 5.82 Å². The highest BCUT2D eigenvalue weighted by Gasteiger charge is 2.10. The summed E-state index contributed by atoms with van der Waals surface area (Å²) in [5.74, 6) is 1.80. The first-order valence-corrected chi connectivity index (χ1v) is 6.85. The van der Waals surface area contributed by atoms with E-state index in [9.17, 15) is 0 Å². The van der Waals surface area contributed by atoms with Crippen molar-refractivity contribution in [1.29, 1.82) is 0 Å². The fourth-order valence-electron chi connectivity index (χ4n) is 2.03. The number of aliphatic hydroxyl groups is 1. The largest absolute Gasteiger partial charge is 0.396 e. The van der Waals surface area contributed by atoms with Crippen molar-refractivity contribution >= 4 is 11.6 Å². The highest BCUT2D eigenvalue weighted by molar-refractivity contribution is 6.30. The van der Waals surface area contributed by atoms with Crippen molar-refractivity contribution in [3.05, 3.63) is 35.1 Å². The van der Waals surface area contributed by atoms with Crippen LogP contribution < -0.4 is 0 Å². The second-order valence-electron chi connectivity index (χ2n) is 4.54. The van der Waals surface area contributed by atoms with Crippen LogP contribution in [0.15, 0.2) is 24.3 Å². The lowest BCUT2D eigenvalue weighted by molar-refractivity contribution is 0.283. The summed E-state index contributed by atoms with van der Waals surface area (Å²) in [6.07, 6.45) is 3.75. The van der Waals surface area contributed by atoms with Crippen molar-refractivity contribution in [3.8, 4) is 11.4 Å². The van der Waals surface area contributed by atoms with Crippen LogP contribution in [0, 0.1) is 0 Å². The van der Waals surface area contributed by atoms with E-state index in [0.717, 1.165) is 42.9 Å². The van der Waals surface area contributed by atoms with Crippen molar-refractivity contribution in [2.45, 2.75) is 25.7 Å². The summed E-state index contributed by atoms with van der Waals surface area (Å²) >= 11 is 5.99. The van der Waals surface area contributed by atoms with Crippen LogP contribution in [-0.4, -0.2) is 26.5 Å². The first kappa shape index (κ1) is 14.0. The molecule has 2 rings (SSSR count). The number of rotatable bonds is 6. The van der Waals surface area contributed by atoms with Crippen LogP contribution in [0.2, 0.25) is 5.02 Å². The van der Waals surface area contributed by atoms with E-state index in [0.29, 0.717) is 5.02 Å². The maximum Gasteiger partial charge on any atom is 0.163 e. The molecule has 0 saturated carbocycles. The summed E-state index contributed by atoms with van der Waals surface area (Å²) in [4.78, 5) is 0. The molecule has 0 bridgehead atoms. The number of hydrogen-bond acceptors (Lipinski definition) is 3. The molecular weight excluding hydrogens is 262 g/mol. The van der Waals surface area contributed by atoms with Crippen molar-refractivity contribution in [2.24, 2.45) is 7.05 Å². The maximum absolute atomic E-state index is 8.75. The third-order valence-electron chi connectivity index (χ3n) is 3.11. The average Bonchev–Trinajstić information content (AvgIpc) is 2.76. The predicted octanol–water partition coefficient (Wildman–Crippen LogP) is 2.84. The molecule has 5 heteroatoms. The van der Waals surface area contributed by atoms with Gasteiger partial charge in [-0.3, -0.25) is 0 Å². The Bertz CT molecular complexity index is 539. The maximum atomic E-state index is 8.75. The minimum Gasteiger partial charge on any atom is -0.396 e. The smallest absolute Gasteiger partial charge is 0.163 e. The van der Waals surface area contributed by atoms with Gasteiger partial charge in [-0.25, -0.2) is 0 Å². The lowest BCUT2D eigenvalue weighted by atomic mass is 10.2. The van der Waals surface area contributed by atoms with E-state index in [1.807, 2.05) is 35.9 Å². The number of aliphatic hydroxyl groups excluding tert-OH is 1. The standard InChI is InChI=1S/C14H18ClN3O/c1-18-13(8-3-2-4-9-19)16-17-14(18)11-6-5-7-12(15)10-11/h5-7,10,19H,2-4,8-9H2,1H3. The van der Waals surface area contributed by atoms with Crippen LogP contribution >= 0.6 is 11.6 Å². The van der Waals surface area contributed by atoms with Gasteiger partial charge in [0.05, 0.1) is 0 Å². The number of aryl methyl sites for hydroxylation is 1. The summed E-state index contributed by atoms with van der Waals surface area (Å²) in [5, 5.41) is 17.9. The van der Waals surface area contributed by atoms with Crippen molar-refractivity contribution < 1.29 is 5.11 Å². The molecular formula is C14H18ClN3O. The van der Waals surface area contributed by atoms with E-state index >= 15 is 0 Å². The second-order valence-corrected chi connectivity index (χ2v) is 4.98. The minimum absolute atomic E-state index is 0.257. The number of hydrogen-bond donors (Lipinski definition) is 1. The van der Waals surface area contributed by atoms with Gasteiger partial charge >= 0.3 is 0 Å². The lowest BCUT2D eigenvalue weighted by Gasteiger charge is -2.04. The number of aromatic nitrogens is 3. The molecule has 0 fully saturated rings. The van der Waals surface area contributed by atoms with Gasteiger partial charge in [-0.15, -0.1) is 10.2 Å². The molecule has 0 spiro atoms. The molecule has 102 valence electrons. The van der Waals surface area contributed by atoms with Crippen LogP contribution in [0.3, 0.4) is 0 Å². The van der Waals surface area contributed by atoms with Gasteiger partial charge in [0.25, 0.3) is 0 Å². The van der Waals surface area contributed by atoms with Gasteiger partial charge in [0, 0.05) is 30.7 Å². The Morgan fingerprint density at radius 2 is 2.05 bits per heavy atom. The Balaban J connectivity index is 2.10. The monoisotopic (exact) mass is 279 g/mol. The molecule has 2 aromatic rings. The predicted molar refractivity (Wildman–Crippen MR) is 76.1 cm³/mol. The Kier molecular flexibility index (Phi) is 4.93. The van der Waals surface area contributed by atoms with Crippen LogP contribution in [0.1, 0.15) is 25.1 Å². The number of nitrogens with zero attached hydrogens (tertiary/aromatic N) is 3. The zero-order valence-corrected chi connectivity index (χ0v) is 11.8. The van der Waals surface area contributed by atoms with Crippen LogP contribution in [0.4, 0.5) is 0 Å². The summed E-state index contributed by atoms with van der Waals surface area (Å²) < 4.78 is 2.00. The molecule has 1 aromatic heterocycles. The zero-order valence-electron chi connectivity index (χ0n) is 11.0. The summed E-state index contributed by atoms with van der Waals surface area (Å²) in [6.45, 7) is 0.257. The van der Waals surface area contributed by atoms with E-state index in [1.54, 1.807) is 0 Å². The third kappa shape index (κ3) is 3.55. The third-order valence-corrected chi connectivity index (χ3v) is 3.34. The molecule has 0 saturated heterocycles. The molecule has 4 nitrogen and oxygen atoms in total. The Labute approximate surface area is 118 Å². The van der Waals surface area contributed by atoms with Gasteiger partial charge in [0.2, 0.25) is 0 Å². The number of halogens is 1. The molecule has 0 aliphatic heterocycles. The summed E-state index contributed by atoms with van der Waals surface area (Å²) in [5.41, 5.74) is 0.976. The van der Waals surface area contributed by atoms with Crippen LogP contribution in [0.5, 0.6) is 0 Å². The molecule has 1 heterocycles. The van der Waals surface area contributed by atoms with Gasteiger partial charge in [0.1, 0.15) is 5.82 Å². The van der Waals surface area contributed by atoms with Gasteiger partial charge in [-0.05, 0) is 25.0 Å². The average molecular weight is 280 g/mol. The normalized spacial score (nSPS) is 10.9. The topological polar surface area (TPSA) is 50.9 Å². The first-order chi connectivity index (χ1) is 9.22. The van der Waals surface area contributed by atoms with Crippen molar-refractivity contribution in [1.82, 2.24) is 14.8 Å². The second kappa shape index (κ2) is 6.68. The summed E-state index contributed by atoms with van der Waals surface area (Å²) in [6, 6.07) is 7.62. The quantitative estimate of drug-likeness (QED) is 0.827. The molecule has 19 heavy (non-hydrogen) atoms. The molecule has 0 amide bonds. The van der Waals surface area contributed by atoms with Gasteiger partial charge in [-0.2, -0.15) is 0 Å². The van der Waals surface area contributed by atoms with Crippen LogP contribution in [-0.2, 0) is 13.5 Å². The number of unbranched alkanes of at least 4 members (excludes halogenated alkanes) is 2. The highest BCUT2D eigenvalue weighted by atomic mass is 35.5. The Hall–Kier alpha value is -1.39. The number of benzene rings is 1. The molecule has 0 radical (unpaired) electrons. The SMILES string of the molecule is Cn1c(CCCCCO)nnc1-c1cccc(Cl)c1. The molecule has 1 aromatic carbocycles. The first-order valence-electron chi connectivity index (χ1n) is 6.47. The molecule has 0 aliphatic rings. The minimum atomic E-state index is 0.257. The zero-order chi connectivity index (χ0) is 13.7. The lowest BCUT2D eigenvalue weighted by Crippen LogP contribution is -2.00. The van der Waals surface area contributed by atoms with Gasteiger partial charge < -0.3 is 9.67 Å². The van der Waals surface area contributed by atoms with Gasteiger partial charge in [-0.1, -0.05) is 30.2 Å². The molecule has 1 N–H and O–H groups in total. The molecule has 0 aliphatic carbocycles. The highest BCUT2D eigenvalue weighted by Crippen LogP contribution is 2.21. The van der Waals surface area contributed by atoms with E-state index in [-0.39, 0.29) is 6.61 Å². The Morgan fingerprint density at radius 1 is 1.21 bits per heavy atom. The van der Waals surface area contributed by atoms with E-state index in [4.69, 9.17) is 16.7 Å². The van der Waals surface area contributed by atoms with E-state index < -0.39 is 0 Å². The van der Waals surface area contributed by atoms with Crippen molar-refractivity contribution in [3.63, 3.8) is 0 Å². The van der Waals surface area contributed by atoms with E-state index in [2.05, 4.69) is 10.2 Å².